The van der Waals surface area contributed by atoms with Crippen LogP contribution in [0.2, 0.25) is 0 Å². The maximum absolute atomic E-state index is 12.7. The van der Waals surface area contributed by atoms with Gasteiger partial charge in [0.2, 0.25) is 5.82 Å². The lowest BCUT2D eigenvalue weighted by atomic mass is 10.2. The molecule has 0 saturated heterocycles. The van der Waals surface area contributed by atoms with Crippen LogP contribution in [0.1, 0.15) is 12.8 Å². The zero-order valence-corrected chi connectivity index (χ0v) is 17.3. The van der Waals surface area contributed by atoms with E-state index < -0.39 is 28.7 Å². The molecule has 0 aliphatic carbocycles. The second-order valence-corrected chi connectivity index (χ2v) is 6.91. The lowest BCUT2D eigenvalue weighted by Gasteiger charge is -2.12. The summed E-state index contributed by atoms with van der Waals surface area (Å²) >= 11 is 0. The lowest BCUT2D eigenvalue weighted by molar-refractivity contribution is -0.384. The van der Waals surface area contributed by atoms with E-state index in [1.165, 1.54) is 28.8 Å². The summed E-state index contributed by atoms with van der Waals surface area (Å²) in [6.07, 6.45) is 0. The van der Waals surface area contributed by atoms with Gasteiger partial charge in [0, 0.05) is 24.2 Å². The number of benzene rings is 2. The number of hydrogen-bond donors (Lipinski definition) is 0. The van der Waals surface area contributed by atoms with Crippen LogP contribution in [0.25, 0.3) is 22.3 Å². The van der Waals surface area contributed by atoms with Crippen LogP contribution in [0, 0.1) is 10.1 Å². The highest BCUT2D eigenvalue weighted by molar-refractivity contribution is 5.80. The minimum Gasteiger partial charge on any atom is -0.454 e. The molecule has 168 valence electrons. The van der Waals surface area contributed by atoms with E-state index >= 15 is 0 Å². The molecule has 12 heteroatoms. The van der Waals surface area contributed by atoms with Gasteiger partial charge in [0.25, 0.3) is 17.1 Å². The van der Waals surface area contributed by atoms with Crippen molar-refractivity contribution in [1.29, 1.82) is 0 Å². The SMILES string of the molecule is CCn1c(=O)c2ccccc2n(CC(=O)OCc2nc(-c3ccc([N+](=O)[O-])cc3)no2)c1=O. The molecule has 0 aliphatic rings. The molecule has 0 radical (unpaired) electrons. The number of nitro groups is 1. The molecule has 2 aromatic heterocycles. The second kappa shape index (κ2) is 8.86. The number of rotatable bonds is 7. The third-order valence-corrected chi connectivity index (χ3v) is 4.90. The molecule has 2 aromatic carbocycles. The molecule has 12 nitrogen and oxygen atoms in total. The average molecular weight is 451 g/mol. The zero-order valence-electron chi connectivity index (χ0n) is 17.3. The predicted octanol–water partition coefficient (Wildman–Crippen LogP) is 1.88. The van der Waals surface area contributed by atoms with Gasteiger partial charge in [-0.15, -0.1) is 0 Å². The molecule has 0 atom stereocenters. The van der Waals surface area contributed by atoms with Gasteiger partial charge in [0.1, 0.15) is 6.54 Å². The molecular formula is C21H17N5O7. The molecule has 0 amide bonds. The number of ether oxygens (including phenoxy) is 1. The monoisotopic (exact) mass is 451 g/mol. The summed E-state index contributed by atoms with van der Waals surface area (Å²) in [7, 11) is 0. The fraction of sp³-hybridized carbons (Fsp3) is 0.190. The Kier molecular flexibility index (Phi) is 5.81. The van der Waals surface area contributed by atoms with Gasteiger partial charge in [-0.1, -0.05) is 17.3 Å². The fourth-order valence-electron chi connectivity index (χ4n) is 3.28. The van der Waals surface area contributed by atoms with Crippen molar-refractivity contribution in [3.05, 3.63) is 85.4 Å². The average Bonchev–Trinajstić information content (AvgIpc) is 3.30. The van der Waals surface area contributed by atoms with E-state index in [1.54, 1.807) is 31.2 Å². The molecule has 4 aromatic rings. The van der Waals surface area contributed by atoms with E-state index in [0.717, 1.165) is 4.57 Å². The number of carbonyl (C=O) groups is 1. The number of para-hydroxylation sites is 1. The molecule has 2 heterocycles. The summed E-state index contributed by atoms with van der Waals surface area (Å²) in [5.74, 6) is -0.556. The minimum atomic E-state index is -0.737. The van der Waals surface area contributed by atoms with Gasteiger partial charge in [-0.05, 0) is 31.2 Å². The first-order chi connectivity index (χ1) is 15.9. The first-order valence-electron chi connectivity index (χ1n) is 9.84. The van der Waals surface area contributed by atoms with Crippen molar-refractivity contribution in [2.24, 2.45) is 0 Å². The van der Waals surface area contributed by atoms with Gasteiger partial charge in [0.05, 0.1) is 15.8 Å². The molecule has 0 bridgehead atoms. The summed E-state index contributed by atoms with van der Waals surface area (Å²) < 4.78 is 12.5. The van der Waals surface area contributed by atoms with Crippen LogP contribution in [-0.2, 0) is 29.2 Å². The topological polar surface area (TPSA) is 152 Å². The second-order valence-electron chi connectivity index (χ2n) is 6.91. The molecule has 0 aliphatic heterocycles. The number of fused-ring (bicyclic) bond motifs is 1. The third kappa shape index (κ3) is 4.26. The van der Waals surface area contributed by atoms with Crippen LogP contribution in [0.15, 0.2) is 62.6 Å². The number of esters is 1. The number of nitrogens with zero attached hydrogens (tertiary/aromatic N) is 5. The number of aromatic nitrogens is 4. The minimum absolute atomic E-state index is 0.00689. The van der Waals surface area contributed by atoms with Crippen LogP contribution >= 0.6 is 0 Å². The molecule has 33 heavy (non-hydrogen) atoms. The smallest absolute Gasteiger partial charge is 0.332 e. The van der Waals surface area contributed by atoms with Crippen molar-refractivity contribution >= 4 is 22.6 Å². The van der Waals surface area contributed by atoms with Crippen LogP contribution in [0.3, 0.4) is 0 Å². The number of non-ortho nitro benzene ring substituents is 1. The summed E-state index contributed by atoms with van der Waals surface area (Å²) in [6.45, 7) is 1.07. The van der Waals surface area contributed by atoms with Gasteiger partial charge in [0.15, 0.2) is 6.61 Å². The van der Waals surface area contributed by atoms with Crippen LogP contribution in [-0.4, -0.2) is 30.2 Å². The van der Waals surface area contributed by atoms with Crippen molar-refractivity contribution in [2.45, 2.75) is 26.6 Å². The van der Waals surface area contributed by atoms with Crippen LogP contribution in [0.4, 0.5) is 5.69 Å². The number of hydrogen-bond acceptors (Lipinski definition) is 9. The molecule has 0 N–H and O–H groups in total. The van der Waals surface area contributed by atoms with Crippen molar-refractivity contribution in [3.63, 3.8) is 0 Å². The van der Waals surface area contributed by atoms with Gasteiger partial charge < -0.3 is 9.26 Å². The summed E-state index contributed by atoms with van der Waals surface area (Å²) in [5, 5.41) is 14.8. The fourth-order valence-corrected chi connectivity index (χ4v) is 3.28. The van der Waals surface area contributed by atoms with E-state index in [1.807, 2.05) is 0 Å². The maximum Gasteiger partial charge on any atom is 0.332 e. The number of carbonyl (C=O) groups excluding carboxylic acids is 1. The van der Waals surface area contributed by atoms with Gasteiger partial charge >= 0.3 is 11.7 Å². The number of nitro benzene ring substituents is 1. The molecule has 0 spiro atoms. The van der Waals surface area contributed by atoms with Gasteiger partial charge in [-0.2, -0.15) is 4.98 Å². The van der Waals surface area contributed by atoms with Crippen molar-refractivity contribution in [3.8, 4) is 11.4 Å². The molecular weight excluding hydrogens is 434 g/mol. The van der Waals surface area contributed by atoms with E-state index in [9.17, 15) is 24.5 Å². The Morgan fingerprint density at radius 3 is 2.55 bits per heavy atom. The quantitative estimate of drug-likeness (QED) is 0.233. The molecule has 0 unspecified atom stereocenters. The van der Waals surface area contributed by atoms with E-state index in [4.69, 9.17) is 9.26 Å². The maximum atomic E-state index is 12.7. The predicted molar refractivity (Wildman–Crippen MR) is 114 cm³/mol. The largest absolute Gasteiger partial charge is 0.454 e. The highest BCUT2D eigenvalue weighted by Gasteiger charge is 2.17. The highest BCUT2D eigenvalue weighted by Crippen LogP contribution is 2.20. The molecule has 4 rings (SSSR count). The first kappa shape index (κ1) is 21.6. The van der Waals surface area contributed by atoms with Crippen molar-refractivity contribution in [1.82, 2.24) is 19.3 Å². The Morgan fingerprint density at radius 2 is 1.85 bits per heavy atom. The Hall–Kier alpha value is -4.61. The third-order valence-electron chi connectivity index (χ3n) is 4.90. The van der Waals surface area contributed by atoms with Crippen molar-refractivity contribution in [2.75, 3.05) is 0 Å². The Balaban J connectivity index is 1.49. The normalized spacial score (nSPS) is 10.9. The summed E-state index contributed by atoms with van der Waals surface area (Å²) in [5.41, 5.74) is -0.300. The Bertz CT molecular complexity index is 1470. The first-order valence-corrected chi connectivity index (χ1v) is 9.84. The molecule has 0 fully saturated rings. The summed E-state index contributed by atoms with van der Waals surface area (Å²) in [6, 6.07) is 12.1. The van der Waals surface area contributed by atoms with E-state index in [-0.39, 0.29) is 30.6 Å². The van der Waals surface area contributed by atoms with E-state index in [2.05, 4.69) is 10.1 Å². The van der Waals surface area contributed by atoms with Crippen LogP contribution < -0.4 is 11.2 Å². The lowest BCUT2D eigenvalue weighted by Crippen LogP contribution is -2.40. The summed E-state index contributed by atoms with van der Waals surface area (Å²) in [4.78, 5) is 51.9. The van der Waals surface area contributed by atoms with Gasteiger partial charge in [-0.3, -0.25) is 28.8 Å². The Labute approximate surface area is 184 Å². The Morgan fingerprint density at radius 1 is 1.12 bits per heavy atom. The molecule has 0 saturated carbocycles. The van der Waals surface area contributed by atoms with E-state index in [0.29, 0.717) is 16.5 Å². The highest BCUT2D eigenvalue weighted by atomic mass is 16.6. The standard InChI is InChI=1S/C21H17N5O7/c1-2-24-20(28)15-5-3-4-6-16(15)25(21(24)29)11-18(27)32-12-17-22-19(23-33-17)13-7-9-14(10-8-13)26(30)31/h3-10H,2,11-12H2,1H3. The van der Waals surface area contributed by atoms with Crippen LogP contribution in [0.5, 0.6) is 0 Å². The van der Waals surface area contributed by atoms with Gasteiger partial charge in [-0.25, -0.2) is 4.79 Å². The zero-order chi connectivity index (χ0) is 23.5. The van der Waals surface area contributed by atoms with Crippen molar-refractivity contribution < 1.29 is 19.0 Å².